The van der Waals surface area contributed by atoms with Gasteiger partial charge in [-0.1, -0.05) is 18.2 Å². The van der Waals surface area contributed by atoms with Gasteiger partial charge in [0.25, 0.3) is 0 Å². The maximum atomic E-state index is 5.82. The van der Waals surface area contributed by atoms with Crippen LogP contribution in [0.3, 0.4) is 0 Å². The average molecular weight is 429 g/mol. The number of fused-ring (bicyclic) bond motifs is 3. The molecule has 4 heterocycles. The number of aromatic nitrogens is 3. The van der Waals surface area contributed by atoms with Crippen molar-refractivity contribution in [2.75, 3.05) is 40.5 Å². The third-order valence-electron chi connectivity index (χ3n) is 5.78. The minimum atomic E-state index is 0.668. The van der Waals surface area contributed by atoms with Crippen LogP contribution in [0.25, 0.3) is 33.5 Å². The minimum absolute atomic E-state index is 0.668. The van der Waals surface area contributed by atoms with Gasteiger partial charge in [0.15, 0.2) is 0 Å². The van der Waals surface area contributed by atoms with Gasteiger partial charge < -0.3 is 14.4 Å². The van der Waals surface area contributed by atoms with Gasteiger partial charge in [-0.25, -0.2) is 4.98 Å². The second kappa shape index (κ2) is 9.10. The number of imidazole rings is 1. The molecule has 0 atom stereocenters. The molecule has 1 aliphatic rings. The van der Waals surface area contributed by atoms with E-state index in [0.717, 1.165) is 59.7 Å². The second-order valence-electron chi connectivity index (χ2n) is 8.37. The molecule has 164 valence electrons. The average Bonchev–Trinajstić information content (AvgIpc) is 3.21. The molecule has 0 spiro atoms. The second-order valence-corrected chi connectivity index (χ2v) is 8.37. The van der Waals surface area contributed by atoms with Crippen molar-refractivity contribution in [2.45, 2.75) is 12.8 Å². The van der Waals surface area contributed by atoms with E-state index in [1.54, 1.807) is 6.20 Å². The van der Waals surface area contributed by atoms with Gasteiger partial charge in [0, 0.05) is 23.9 Å². The molecule has 3 aromatic heterocycles. The van der Waals surface area contributed by atoms with Crippen molar-refractivity contribution < 1.29 is 9.47 Å². The summed E-state index contributed by atoms with van der Waals surface area (Å²) in [4.78, 5) is 11.6. The first-order chi connectivity index (χ1) is 15.7. The Morgan fingerprint density at radius 3 is 2.84 bits per heavy atom. The van der Waals surface area contributed by atoms with Crippen LogP contribution in [0.4, 0.5) is 0 Å². The van der Waals surface area contributed by atoms with E-state index < -0.39 is 0 Å². The molecule has 0 unspecified atom stereocenters. The molecule has 0 saturated carbocycles. The first-order valence-electron chi connectivity index (χ1n) is 11.1. The molecule has 32 heavy (non-hydrogen) atoms. The van der Waals surface area contributed by atoms with Crippen LogP contribution in [-0.4, -0.2) is 59.7 Å². The highest BCUT2D eigenvalue weighted by Crippen LogP contribution is 2.31. The molecule has 0 amide bonds. The summed E-state index contributed by atoms with van der Waals surface area (Å²) < 4.78 is 13.5. The molecule has 0 saturated heterocycles. The zero-order chi connectivity index (χ0) is 21.9. The lowest BCUT2D eigenvalue weighted by Gasteiger charge is -2.15. The molecule has 5 rings (SSSR count). The molecule has 4 aromatic rings. The van der Waals surface area contributed by atoms with Gasteiger partial charge >= 0.3 is 0 Å². The molecule has 1 aliphatic heterocycles. The number of benzene rings is 1. The Bertz CT molecular complexity index is 1260. The first-order valence-corrected chi connectivity index (χ1v) is 11.1. The Morgan fingerprint density at radius 1 is 1.12 bits per heavy atom. The number of nitrogens with zero attached hydrogens (tertiary/aromatic N) is 4. The van der Waals surface area contributed by atoms with E-state index in [2.05, 4.69) is 71.0 Å². The summed E-state index contributed by atoms with van der Waals surface area (Å²) in [5, 5.41) is 0. The van der Waals surface area contributed by atoms with Crippen LogP contribution >= 0.6 is 0 Å². The van der Waals surface area contributed by atoms with Crippen molar-refractivity contribution in [1.29, 1.82) is 0 Å². The molecule has 0 radical (unpaired) electrons. The quantitative estimate of drug-likeness (QED) is 0.400. The van der Waals surface area contributed by atoms with Gasteiger partial charge in [0.1, 0.15) is 11.4 Å². The number of hydrogen-bond acceptors (Lipinski definition) is 5. The van der Waals surface area contributed by atoms with Crippen LogP contribution in [0, 0.1) is 0 Å². The van der Waals surface area contributed by atoms with Crippen molar-refractivity contribution in [2.24, 2.45) is 0 Å². The summed E-state index contributed by atoms with van der Waals surface area (Å²) in [5.74, 6) is 0.801. The predicted molar refractivity (Wildman–Crippen MR) is 128 cm³/mol. The summed E-state index contributed by atoms with van der Waals surface area (Å²) >= 11 is 0. The SMILES string of the molecule is CN(C)CCCOc1ccc(-c2ccc3nc4cccc(C5=CCOCC5)c4n3c2)nc1. The zero-order valence-electron chi connectivity index (χ0n) is 18.6. The fourth-order valence-corrected chi connectivity index (χ4v) is 4.15. The van der Waals surface area contributed by atoms with Gasteiger partial charge in [-0.2, -0.15) is 0 Å². The third-order valence-corrected chi connectivity index (χ3v) is 5.78. The van der Waals surface area contributed by atoms with Gasteiger partial charge in [0.2, 0.25) is 0 Å². The maximum absolute atomic E-state index is 5.82. The van der Waals surface area contributed by atoms with E-state index in [1.807, 2.05) is 12.1 Å². The zero-order valence-corrected chi connectivity index (χ0v) is 18.6. The highest BCUT2D eigenvalue weighted by molar-refractivity contribution is 5.92. The number of rotatable bonds is 7. The first kappa shape index (κ1) is 20.7. The number of para-hydroxylation sites is 1. The Balaban J connectivity index is 1.45. The van der Waals surface area contributed by atoms with Crippen molar-refractivity contribution in [3.8, 4) is 17.0 Å². The Labute approximate surface area is 188 Å². The fourth-order valence-electron chi connectivity index (χ4n) is 4.15. The standard InChI is InChI=1S/C26H28N4O2/c1-29(2)13-4-14-32-21-8-9-23(27-17-21)20-7-10-25-28-24-6-3-5-22(26(24)30(25)18-20)19-11-15-31-16-12-19/h3,5-11,17-18H,4,12-16H2,1-2H3. The summed E-state index contributed by atoms with van der Waals surface area (Å²) in [5.41, 5.74) is 7.58. The van der Waals surface area contributed by atoms with Crippen molar-refractivity contribution in [3.63, 3.8) is 0 Å². The van der Waals surface area contributed by atoms with Crippen LogP contribution in [0.2, 0.25) is 0 Å². The molecular weight excluding hydrogens is 400 g/mol. The Morgan fingerprint density at radius 2 is 2.06 bits per heavy atom. The number of hydrogen-bond donors (Lipinski definition) is 0. The highest BCUT2D eigenvalue weighted by atomic mass is 16.5. The lowest BCUT2D eigenvalue weighted by atomic mass is 10.00. The topological polar surface area (TPSA) is 51.9 Å². The van der Waals surface area contributed by atoms with Gasteiger partial charge in [-0.15, -0.1) is 0 Å². The minimum Gasteiger partial charge on any atom is -0.492 e. The molecule has 0 N–H and O–H groups in total. The molecular formula is C26H28N4O2. The van der Waals surface area contributed by atoms with Gasteiger partial charge in [-0.3, -0.25) is 9.38 Å². The smallest absolute Gasteiger partial charge is 0.137 e. The lowest BCUT2D eigenvalue weighted by molar-refractivity contribution is 0.161. The van der Waals surface area contributed by atoms with Gasteiger partial charge in [-0.05, 0) is 62.8 Å². The monoisotopic (exact) mass is 428 g/mol. The normalized spacial score (nSPS) is 14.3. The molecule has 1 aromatic carbocycles. The van der Waals surface area contributed by atoms with E-state index in [-0.39, 0.29) is 0 Å². The van der Waals surface area contributed by atoms with E-state index in [1.165, 1.54) is 11.1 Å². The highest BCUT2D eigenvalue weighted by Gasteiger charge is 2.15. The molecule has 0 bridgehead atoms. The predicted octanol–water partition coefficient (Wildman–Crippen LogP) is 4.68. The van der Waals surface area contributed by atoms with Gasteiger partial charge in [0.05, 0.1) is 42.7 Å². The van der Waals surface area contributed by atoms with Crippen LogP contribution < -0.4 is 4.74 Å². The molecule has 0 fully saturated rings. The van der Waals surface area contributed by atoms with Crippen LogP contribution in [0.15, 0.2) is 60.9 Å². The number of pyridine rings is 2. The summed E-state index contributed by atoms with van der Waals surface area (Å²) in [6.07, 6.45) is 8.03. The maximum Gasteiger partial charge on any atom is 0.137 e. The van der Waals surface area contributed by atoms with Crippen LogP contribution in [0.1, 0.15) is 18.4 Å². The van der Waals surface area contributed by atoms with Crippen LogP contribution in [0.5, 0.6) is 5.75 Å². The third kappa shape index (κ3) is 4.24. The molecule has 6 heteroatoms. The van der Waals surface area contributed by atoms with E-state index >= 15 is 0 Å². The summed E-state index contributed by atoms with van der Waals surface area (Å²) in [7, 11) is 4.14. The lowest BCUT2D eigenvalue weighted by Crippen LogP contribution is -2.15. The fraction of sp³-hybridized carbons (Fsp3) is 0.308. The summed E-state index contributed by atoms with van der Waals surface area (Å²) in [6, 6.07) is 14.5. The summed E-state index contributed by atoms with van der Waals surface area (Å²) in [6.45, 7) is 3.13. The Kier molecular flexibility index (Phi) is 5.88. The van der Waals surface area contributed by atoms with Crippen molar-refractivity contribution in [3.05, 3.63) is 66.5 Å². The number of ether oxygens (including phenoxy) is 2. The molecule has 6 nitrogen and oxygen atoms in total. The van der Waals surface area contributed by atoms with Crippen molar-refractivity contribution >= 4 is 22.3 Å². The molecule has 0 aliphatic carbocycles. The van der Waals surface area contributed by atoms with Crippen LogP contribution in [-0.2, 0) is 4.74 Å². The van der Waals surface area contributed by atoms with Crippen molar-refractivity contribution in [1.82, 2.24) is 19.3 Å². The van der Waals surface area contributed by atoms with E-state index in [9.17, 15) is 0 Å². The Hall–Kier alpha value is -3.22. The van der Waals surface area contributed by atoms with E-state index in [0.29, 0.717) is 13.2 Å². The van der Waals surface area contributed by atoms with E-state index in [4.69, 9.17) is 14.5 Å². The largest absolute Gasteiger partial charge is 0.492 e.